The number of carbonyl (C=O) groups is 2. The molecule has 0 aromatic heterocycles. The molecule has 0 saturated heterocycles. The molecule has 3 N–H and O–H groups in total. The molecule has 8 nitrogen and oxygen atoms in total. The predicted molar refractivity (Wildman–Crippen MR) is 82.5 cm³/mol. The van der Waals surface area contributed by atoms with Gasteiger partial charge in [0, 0.05) is 6.54 Å². The fourth-order valence-electron chi connectivity index (χ4n) is 1.69. The Morgan fingerprint density at radius 3 is 2.52 bits per heavy atom. The summed E-state index contributed by atoms with van der Waals surface area (Å²) in [5.74, 6) is -1.21. The van der Waals surface area contributed by atoms with Crippen molar-refractivity contribution in [1.82, 2.24) is 5.32 Å². The third-order valence-electron chi connectivity index (χ3n) is 2.92. The van der Waals surface area contributed by atoms with Crippen LogP contribution in [-0.2, 0) is 19.6 Å². The summed E-state index contributed by atoms with van der Waals surface area (Å²) in [4.78, 5) is 23.6. The normalized spacial score (nSPS) is 12.3. The molecular weight excluding hydrogens is 324 g/mol. The van der Waals surface area contributed by atoms with Gasteiger partial charge in [0.15, 0.2) is 6.10 Å². The van der Waals surface area contributed by atoms with Gasteiger partial charge in [-0.15, -0.1) is 0 Å². The number of amides is 1. The van der Waals surface area contributed by atoms with E-state index in [-0.39, 0.29) is 16.2 Å². The number of carbonyl (C=O) groups excluding carboxylic acids is 2. The standard InChI is InChI=1S/C14H20N2O6S/c1-4-7-16-13(17)9(2)22-14(18)11-8-10(23(15,19)20)5-6-12(11)21-3/h5-6,8-9H,4,7H2,1-3H3,(H,16,17)(H2,15,19,20)/t9-/m0/s1. The number of nitrogens with two attached hydrogens (primary N) is 1. The van der Waals surface area contributed by atoms with Gasteiger partial charge in [-0.3, -0.25) is 4.79 Å². The highest BCUT2D eigenvalue weighted by molar-refractivity contribution is 7.89. The van der Waals surface area contributed by atoms with Gasteiger partial charge in [0.05, 0.1) is 12.0 Å². The molecule has 0 aliphatic carbocycles. The Hall–Kier alpha value is -2.13. The predicted octanol–water partition coefficient (Wildman–Crippen LogP) is 0.414. The van der Waals surface area contributed by atoms with Crippen molar-refractivity contribution >= 4 is 21.9 Å². The third-order valence-corrected chi connectivity index (χ3v) is 3.83. The molecule has 1 aromatic rings. The molecule has 1 aromatic carbocycles. The van der Waals surface area contributed by atoms with E-state index >= 15 is 0 Å². The fourth-order valence-corrected chi connectivity index (χ4v) is 2.23. The maximum Gasteiger partial charge on any atom is 0.342 e. The third kappa shape index (κ3) is 5.22. The largest absolute Gasteiger partial charge is 0.496 e. The number of nitrogens with one attached hydrogen (secondary N) is 1. The van der Waals surface area contributed by atoms with Crippen LogP contribution >= 0.6 is 0 Å². The summed E-state index contributed by atoms with van der Waals surface area (Å²) >= 11 is 0. The van der Waals surface area contributed by atoms with E-state index < -0.39 is 28.0 Å². The van der Waals surface area contributed by atoms with Crippen LogP contribution in [0.15, 0.2) is 23.1 Å². The number of ether oxygens (including phenoxy) is 2. The van der Waals surface area contributed by atoms with Crippen molar-refractivity contribution in [3.63, 3.8) is 0 Å². The Balaban J connectivity index is 3.00. The molecule has 0 fully saturated rings. The van der Waals surface area contributed by atoms with Crippen LogP contribution in [0.5, 0.6) is 5.75 Å². The molecule has 0 saturated carbocycles. The van der Waals surface area contributed by atoms with Gasteiger partial charge in [0.25, 0.3) is 5.91 Å². The zero-order chi connectivity index (χ0) is 17.6. The van der Waals surface area contributed by atoms with Gasteiger partial charge >= 0.3 is 5.97 Å². The minimum atomic E-state index is -3.98. The van der Waals surface area contributed by atoms with Crippen LogP contribution in [0.1, 0.15) is 30.6 Å². The number of rotatable bonds is 7. The molecule has 1 atom stereocenters. The van der Waals surface area contributed by atoms with Gasteiger partial charge < -0.3 is 14.8 Å². The molecule has 0 unspecified atom stereocenters. The van der Waals surface area contributed by atoms with Crippen molar-refractivity contribution in [3.05, 3.63) is 23.8 Å². The fraction of sp³-hybridized carbons (Fsp3) is 0.429. The molecule has 1 rings (SSSR count). The van der Waals surface area contributed by atoms with Gasteiger partial charge in [-0.25, -0.2) is 18.4 Å². The van der Waals surface area contributed by atoms with Crippen LogP contribution in [0.2, 0.25) is 0 Å². The lowest BCUT2D eigenvalue weighted by Gasteiger charge is -2.15. The number of primary sulfonamides is 1. The van der Waals surface area contributed by atoms with Gasteiger partial charge in [-0.05, 0) is 31.5 Å². The Kier molecular flexibility index (Phi) is 6.52. The first kappa shape index (κ1) is 18.9. The first-order valence-corrected chi connectivity index (χ1v) is 8.44. The quantitative estimate of drug-likeness (QED) is 0.690. The Labute approximate surface area is 135 Å². The summed E-state index contributed by atoms with van der Waals surface area (Å²) in [6, 6.07) is 3.55. The molecule has 0 aliphatic rings. The summed E-state index contributed by atoms with van der Waals surface area (Å²) in [5, 5.41) is 7.63. The highest BCUT2D eigenvalue weighted by atomic mass is 32.2. The summed E-state index contributed by atoms with van der Waals surface area (Å²) in [6.45, 7) is 3.77. The topological polar surface area (TPSA) is 125 Å². The first-order valence-electron chi connectivity index (χ1n) is 6.90. The van der Waals surface area contributed by atoms with Crippen LogP contribution < -0.4 is 15.2 Å². The Morgan fingerprint density at radius 2 is 2.00 bits per heavy atom. The lowest BCUT2D eigenvalue weighted by atomic mass is 10.2. The number of esters is 1. The van der Waals surface area contributed by atoms with Crippen molar-refractivity contribution in [3.8, 4) is 5.75 Å². The van der Waals surface area contributed by atoms with E-state index in [9.17, 15) is 18.0 Å². The second-order valence-electron chi connectivity index (χ2n) is 4.75. The summed E-state index contributed by atoms with van der Waals surface area (Å²) < 4.78 is 32.8. The van der Waals surface area contributed by atoms with Crippen LogP contribution in [0.4, 0.5) is 0 Å². The molecule has 0 heterocycles. The van der Waals surface area contributed by atoms with Crippen molar-refractivity contribution in [2.45, 2.75) is 31.3 Å². The van der Waals surface area contributed by atoms with Gasteiger partial charge in [-0.2, -0.15) is 0 Å². The maximum absolute atomic E-state index is 12.2. The monoisotopic (exact) mass is 344 g/mol. The van der Waals surface area contributed by atoms with Gasteiger partial charge in [0.1, 0.15) is 11.3 Å². The van der Waals surface area contributed by atoms with E-state index in [2.05, 4.69) is 5.32 Å². The van der Waals surface area contributed by atoms with Gasteiger partial charge in [-0.1, -0.05) is 6.92 Å². The highest BCUT2D eigenvalue weighted by Crippen LogP contribution is 2.23. The minimum Gasteiger partial charge on any atom is -0.496 e. The van der Waals surface area contributed by atoms with Crippen molar-refractivity contribution in [1.29, 1.82) is 0 Å². The molecule has 0 spiro atoms. The number of hydrogen-bond acceptors (Lipinski definition) is 6. The zero-order valence-corrected chi connectivity index (χ0v) is 14.0. The highest BCUT2D eigenvalue weighted by Gasteiger charge is 2.23. The lowest BCUT2D eigenvalue weighted by Crippen LogP contribution is -2.36. The second-order valence-corrected chi connectivity index (χ2v) is 6.31. The number of methoxy groups -OCH3 is 1. The van der Waals surface area contributed by atoms with E-state index in [1.165, 1.54) is 26.2 Å². The Morgan fingerprint density at radius 1 is 1.35 bits per heavy atom. The lowest BCUT2D eigenvalue weighted by molar-refractivity contribution is -0.129. The molecule has 0 radical (unpaired) electrons. The molecule has 1 amide bonds. The minimum absolute atomic E-state index is 0.114. The molecule has 0 aliphatic heterocycles. The zero-order valence-electron chi connectivity index (χ0n) is 13.2. The number of hydrogen-bond donors (Lipinski definition) is 2. The number of benzene rings is 1. The van der Waals surface area contributed by atoms with E-state index in [0.29, 0.717) is 6.54 Å². The van der Waals surface area contributed by atoms with Crippen LogP contribution in [0.3, 0.4) is 0 Å². The van der Waals surface area contributed by atoms with Gasteiger partial charge in [0.2, 0.25) is 10.0 Å². The molecular formula is C14H20N2O6S. The maximum atomic E-state index is 12.2. The van der Waals surface area contributed by atoms with Crippen molar-refractivity contribution in [2.24, 2.45) is 5.14 Å². The van der Waals surface area contributed by atoms with E-state index in [0.717, 1.165) is 12.5 Å². The molecule has 0 bridgehead atoms. The number of sulfonamides is 1. The van der Waals surface area contributed by atoms with E-state index in [4.69, 9.17) is 14.6 Å². The molecule has 23 heavy (non-hydrogen) atoms. The van der Waals surface area contributed by atoms with Crippen LogP contribution in [-0.4, -0.2) is 40.1 Å². The van der Waals surface area contributed by atoms with Crippen molar-refractivity contribution < 1.29 is 27.5 Å². The first-order chi connectivity index (χ1) is 10.7. The average molecular weight is 344 g/mol. The van der Waals surface area contributed by atoms with Crippen LogP contribution in [0.25, 0.3) is 0 Å². The van der Waals surface area contributed by atoms with E-state index in [1.54, 1.807) is 0 Å². The molecule has 128 valence electrons. The Bertz CT molecular complexity index is 687. The summed E-state index contributed by atoms with van der Waals surface area (Å²) in [5.41, 5.74) is -0.130. The summed E-state index contributed by atoms with van der Waals surface area (Å²) in [7, 11) is -2.66. The van der Waals surface area contributed by atoms with Crippen molar-refractivity contribution in [2.75, 3.05) is 13.7 Å². The SMILES string of the molecule is CCCNC(=O)[C@H](C)OC(=O)c1cc(S(N)(=O)=O)ccc1OC. The van der Waals surface area contributed by atoms with Crippen LogP contribution in [0, 0.1) is 0 Å². The second kappa shape index (κ2) is 7.93. The van der Waals surface area contributed by atoms with E-state index in [1.807, 2.05) is 6.92 Å². The molecule has 9 heteroatoms. The smallest absolute Gasteiger partial charge is 0.342 e. The average Bonchev–Trinajstić information content (AvgIpc) is 2.50. The summed E-state index contributed by atoms with van der Waals surface area (Å²) in [6.07, 6.45) is -0.284.